The Morgan fingerprint density at radius 3 is 2.32 bits per heavy atom. The minimum atomic E-state index is -1.10. The lowest BCUT2D eigenvalue weighted by Crippen LogP contribution is -2.02. The highest BCUT2D eigenvalue weighted by Crippen LogP contribution is 2.24. The Morgan fingerprint density at radius 2 is 1.71 bits per heavy atom. The number of rotatable bonds is 11. The average molecular weight is 388 g/mol. The third-order valence-corrected chi connectivity index (χ3v) is 3.53. The van der Waals surface area contributed by atoms with Gasteiger partial charge >= 0.3 is 0 Å². The molecule has 0 aromatic heterocycles. The molecule has 28 heavy (non-hydrogen) atoms. The lowest BCUT2D eigenvalue weighted by Gasteiger charge is -2.09. The first kappa shape index (κ1) is 22.8. The normalized spacial score (nSPS) is 11.2. The van der Waals surface area contributed by atoms with Gasteiger partial charge in [-0.2, -0.15) is 4.39 Å². The lowest BCUT2D eigenvalue weighted by atomic mass is 10.1. The van der Waals surface area contributed by atoms with E-state index in [1.54, 1.807) is 19.1 Å². The van der Waals surface area contributed by atoms with Crippen molar-refractivity contribution in [2.24, 2.45) is 0 Å². The van der Waals surface area contributed by atoms with Gasteiger partial charge in [-0.25, -0.2) is 8.78 Å². The van der Waals surface area contributed by atoms with Gasteiger partial charge in [0, 0.05) is 5.56 Å². The fourth-order valence-electron chi connectivity index (χ4n) is 1.93. The van der Waals surface area contributed by atoms with Gasteiger partial charge in [0.1, 0.15) is 12.4 Å². The van der Waals surface area contributed by atoms with Gasteiger partial charge in [-0.3, -0.25) is 0 Å². The second kappa shape index (κ2) is 10.8. The molecular formula is C23H23F3O2. The van der Waals surface area contributed by atoms with Crippen molar-refractivity contribution < 1.29 is 22.6 Å². The molecule has 0 heterocycles. The van der Waals surface area contributed by atoms with Gasteiger partial charge in [-0.05, 0) is 41.9 Å². The summed E-state index contributed by atoms with van der Waals surface area (Å²) in [5, 5.41) is 0. The van der Waals surface area contributed by atoms with Crippen LogP contribution in [0, 0.1) is 11.6 Å². The van der Waals surface area contributed by atoms with E-state index in [4.69, 9.17) is 9.47 Å². The van der Waals surface area contributed by atoms with E-state index in [0.717, 1.165) is 6.08 Å². The zero-order valence-corrected chi connectivity index (χ0v) is 15.9. The van der Waals surface area contributed by atoms with E-state index in [2.05, 4.69) is 32.9 Å². The molecule has 0 aliphatic heterocycles. The van der Waals surface area contributed by atoms with Crippen LogP contribution in [0.4, 0.5) is 13.2 Å². The van der Waals surface area contributed by atoms with Gasteiger partial charge in [-0.15, -0.1) is 0 Å². The fraction of sp³-hybridized carbons (Fsp3) is 0.130. The van der Waals surface area contributed by atoms with Crippen molar-refractivity contribution in [3.8, 4) is 5.75 Å². The standard InChI is InChI=1S/C23H23F3O2/c1-7-19-11-12-21(23(26)22(19)25)28-14-15(3)9-10-16(4)17(5)13-20(24)18(6)27-8-2/h7,9-13H,1,3-6,8,14H2,2H3/b10-9-,20-13+. The molecule has 2 nitrogen and oxygen atoms in total. The van der Waals surface area contributed by atoms with Crippen LogP contribution in [0.25, 0.3) is 6.08 Å². The summed E-state index contributed by atoms with van der Waals surface area (Å²) in [6, 6.07) is 2.67. The predicted octanol–water partition coefficient (Wildman–Crippen LogP) is 6.62. The number of halogens is 3. The summed E-state index contributed by atoms with van der Waals surface area (Å²) in [6.45, 7) is 20.1. The third kappa shape index (κ3) is 6.50. The van der Waals surface area contributed by atoms with Gasteiger partial charge in [0.2, 0.25) is 5.82 Å². The van der Waals surface area contributed by atoms with Crippen LogP contribution in [0.2, 0.25) is 0 Å². The summed E-state index contributed by atoms with van der Waals surface area (Å²) in [5.74, 6) is -3.10. The summed E-state index contributed by atoms with van der Waals surface area (Å²) in [7, 11) is 0. The Hall–Kier alpha value is -3.21. The molecule has 0 aliphatic carbocycles. The minimum Gasteiger partial charge on any atom is -0.491 e. The number of benzene rings is 1. The van der Waals surface area contributed by atoms with E-state index in [-0.39, 0.29) is 23.7 Å². The van der Waals surface area contributed by atoms with Gasteiger partial charge in [-0.1, -0.05) is 51.1 Å². The Kier molecular flexibility index (Phi) is 8.82. The maximum absolute atomic E-state index is 13.9. The smallest absolute Gasteiger partial charge is 0.201 e. The first-order chi connectivity index (χ1) is 13.2. The Morgan fingerprint density at radius 1 is 1.04 bits per heavy atom. The summed E-state index contributed by atoms with van der Waals surface area (Å²) >= 11 is 0. The van der Waals surface area contributed by atoms with Gasteiger partial charge in [0.15, 0.2) is 17.4 Å². The van der Waals surface area contributed by atoms with E-state index in [1.807, 2.05) is 0 Å². The Labute approximate surface area is 164 Å². The van der Waals surface area contributed by atoms with E-state index in [0.29, 0.717) is 23.3 Å². The van der Waals surface area contributed by atoms with Gasteiger partial charge < -0.3 is 9.47 Å². The highest BCUT2D eigenvalue weighted by molar-refractivity contribution is 5.50. The van der Waals surface area contributed by atoms with Crippen LogP contribution in [0.1, 0.15) is 12.5 Å². The first-order valence-electron chi connectivity index (χ1n) is 8.37. The van der Waals surface area contributed by atoms with Crippen LogP contribution in [-0.2, 0) is 4.74 Å². The predicted molar refractivity (Wildman–Crippen MR) is 108 cm³/mol. The van der Waals surface area contributed by atoms with Crippen LogP contribution in [0.3, 0.4) is 0 Å². The van der Waals surface area contributed by atoms with Crippen molar-refractivity contribution in [3.63, 3.8) is 0 Å². The molecule has 0 N–H and O–H groups in total. The second-order valence-electron chi connectivity index (χ2n) is 5.66. The summed E-state index contributed by atoms with van der Waals surface area (Å²) < 4.78 is 51.6. The maximum Gasteiger partial charge on any atom is 0.201 e. The number of hydrogen-bond acceptors (Lipinski definition) is 2. The zero-order chi connectivity index (χ0) is 21.3. The molecule has 0 amide bonds. The molecule has 5 heteroatoms. The monoisotopic (exact) mass is 388 g/mol. The first-order valence-corrected chi connectivity index (χ1v) is 8.37. The number of ether oxygens (including phenoxy) is 2. The van der Waals surface area contributed by atoms with Crippen molar-refractivity contribution in [2.45, 2.75) is 6.92 Å². The average Bonchev–Trinajstić information content (AvgIpc) is 2.67. The van der Waals surface area contributed by atoms with Crippen LogP contribution in [0.5, 0.6) is 5.75 Å². The SMILES string of the molecule is C=Cc1ccc(OCC(=C)/C=C\C(=C)C(=C)/C=C(/F)C(=C)OCC)c(F)c1F. The highest BCUT2D eigenvalue weighted by atomic mass is 19.2. The number of allylic oxidation sites excluding steroid dienone is 5. The highest BCUT2D eigenvalue weighted by Gasteiger charge is 2.12. The molecule has 0 bridgehead atoms. The molecule has 0 radical (unpaired) electrons. The van der Waals surface area contributed by atoms with E-state index in [1.165, 1.54) is 18.2 Å². The quantitative estimate of drug-likeness (QED) is 0.313. The third-order valence-electron chi connectivity index (χ3n) is 3.53. The molecule has 0 aliphatic rings. The number of hydrogen-bond donors (Lipinski definition) is 0. The molecule has 1 aromatic carbocycles. The van der Waals surface area contributed by atoms with E-state index in [9.17, 15) is 13.2 Å². The molecule has 0 spiro atoms. The fourth-order valence-corrected chi connectivity index (χ4v) is 1.93. The molecule has 0 fully saturated rings. The second-order valence-corrected chi connectivity index (χ2v) is 5.66. The van der Waals surface area contributed by atoms with Crippen molar-refractivity contribution in [2.75, 3.05) is 13.2 Å². The van der Waals surface area contributed by atoms with Crippen molar-refractivity contribution in [1.29, 1.82) is 0 Å². The Balaban J connectivity index is 2.67. The zero-order valence-electron chi connectivity index (χ0n) is 15.9. The molecular weight excluding hydrogens is 365 g/mol. The molecule has 0 saturated heterocycles. The molecule has 0 unspecified atom stereocenters. The molecule has 1 aromatic rings. The van der Waals surface area contributed by atoms with Crippen LogP contribution < -0.4 is 4.74 Å². The van der Waals surface area contributed by atoms with Crippen molar-refractivity contribution in [1.82, 2.24) is 0 Å². The summed E-state index contributed by atoms with van der Waals surface area (Å²) in [6.07, 6.45) is 5.48. The summed E-state index contributed by atoms with van der Waals surface area (Å²) in [5.41, 5.74) is 1.25. The van der Waals surface area contributed by atoms with Crippen LogP contribution in [-0.4, -0.2) is 13.2 Å². The largest absolute Gasteiger partial charge is 0.491 e. The van der Waals surface area contributed by atoms with Crippen LogP contribution in [0.15, 0.2) is 91.6 Å². The van der Waals surface area contributed by atoms with E-state index < -0.39 is 17.5 Å². The van der Waals surface area contributed by atoms with Gasteiger partial charge in [0.05, 0.1) is 6.61 Å². The lowest BCUT2D eigenvalue weighted by molar-refractivity contribution is 0.226. The minimum absolute atomic E-state index is 0.0469. The van der Waals surface area contributed by atoms with Crippen molar-refractivity contribution in [3.05, 3.63) is 109 Å². The topological polar surface area (TPSA) is 18.5 Å². The molecule has 0 atom stereocenters. The molecule has 1 rings (SSSR count). The van der Waals surface area contributed by atoms with Crippen LogP contribution >= 0.6 is 0 Å². The summed E-state index contributed by atoms with van der Waals surface area (Å²) in [4.78, 5) is 0. The van der Waals surface area contributed by atoms with E-state index >= 15 is 0 Å². The molecule has 148 valence electrons. The van der Waals surface area contributed by atoms with Crippen molar-refractivity contribution >= 4 is 6.08 Å². The van der Waals surface area contributed by atoms with Gasteiger partial charge in [0.25, 0.3) is 0 Å². The Bertz CT molecular complexity index is 861. The maximum atomic E-state index is 13.9. The molecule has 0 saturated carbocycles.